The number of aromatic nitrogens is 1. The van der Waals surface area contributed by atoms with Gasteiger partial charge in [0.05, 0.1) is 25.3 Å². The van der Waals surface area contributed by atoms with Crippen LogP contribution in [0.15, 0.2) is 72.6 Å². The minimum Gasteiger partial charge on any atom is -0.507 e. The summed E-state index contributed by atoms with van der Waals surface area (Å²) in [4.78, 5) is 31.9. The zero-order chi connectivity index (χ0) is 24.2. The molecule has 0 unspecified atom stereocenters. The molecule has 7 nitrogen and oxygen atoms in total. The standard InChI is InChI=1S/C27H26N2O5/c1-4-34-21-10-7-19(8-11-21)24-23(25(30)20-9-12-22(33-3)17(2)14-20)26(31)27(32)29(24)16-18-6-5-13-28-15-18/h5-15,24,30H,4,16H2,1-3H3/t24-/m0/s1. The number of ketones is 1. The van der Waals surface area contributed by atoms with Crippen molar-refractivity contribution in [2.24, 2.45) is 0 Å². The maximum absolute atomic E-state index is 13.2. The molecular formula is C27H26N2O5. The number of benzene rings is 2. The monoisotopic (exact) mass is 458 g/mol. The number of hydrogen-bond donors (Lipinski definition) is 1. The topological polar surface area (TPSA) is 89.0 Å². The van der Waals surface area contributed by atoms with E-state index in [0.29, 0.717) is 29.2 Å². The molecule has 7 heteroatoms. The van der Waals surface area contributed by atoms with Gasteiger partial charge < -0.3 is 19.5 Å². The van der Waals surface area contributed by atoms with E-state index >= 15 is 0 Å². The van der Waals surface area contributed by atoms with Crippen LogP contribution in [0.4, 0.5) is 0 Å². The fourth-order valence-corrected chi connectivity index (χ4v) is 4.17. The van der Waals surface area contributed by atoms with E-state index in [1.165, 1.54) is 4.90 Å². The molecule has 4 rings (SSSR count). The second-order valence-corrected chi connectivity index (χ2v) is 7.97. The summed E-state index contributed by atoms with van der Waals surface area (Å²) in [6.07, 6.45) is 3.30. The molecule has 0 spiro atoms. The normalized spacial score (nSPS) is 17.1. The molecule has 0 aliphatic carbocycles. The SMILES string of the molecule is CCOc1ccc([C@H]2C(=C(O)c3ccc(OC)c(C)c3)C(=O)C(=O)N2Cc2cccnc2)cc1. The third-order valence-corrected chi connectivity index (χ3v) is 5.79. The molecule has 1 fully saturated rings. The van der Waals surface area contributed by atoms with Crippen LogP contribution in [0.5, 0.6) is 11.5 Å². The highest BCUT2D eigenvalue weighted by atomic mass is 16.5. The van der Waals surface area contributed by atoms with Crippen molar-refractivity contribution in [3.8, 4) is 11.5 Å². The van der Waals surface area contributed by atoms with Crippen LogP contribution >= 0.6 is 0 Å². The van der Waals surface area contributed by atoms with Crippen LogP contribution in [-0.4, -0.2) is 40.4 Å². The molecule has 0 bridgehead atoms. The second-order valence-electron chi connectivity index (χ2n) is 7.97. The van der Waals surface area contributed by atoms with E-state index in [0.717, 1.165) is 11.1 Å². The van der Waals surface area contributed by atoms with Crippen molar-refractivity contribution in [3.05, 3.63) is 94.8 Å². The molecule has 1 aliphatic rings. The van der Waals surface area contributed by atoms with Crippen LogP contribution in [0.2, 0.25) is 0 Å². The van der Waals surface area contributed by atoms with E-state index in [1.54, 1.807) is 55.9 Å². The summed E-state index contributed by atoms with van der Waals surface area (Å²) in [5, 5.41) is 11.3. The summed E-state index contributed by atoms with van der Waals surface area (Å²) in [5.41, 5.74) is 2.75. The average molecular weight is 459 g/mol. The highest BCUT2D eigenvalue weighted by Crippen LogP contribution is 2.41. The summed E-state index contributed by atoms with van der Waals surface area (Å²) in [7, 11) is 1.57. The Morgan fingerprint density at radius 3 is 2.50 bits per heavy atom. The number of ether oxygens (including phenoxy) is 2. The van der Waals surface area contributed by atoms with Crippen molar-refractivity contribution >= 4 is 17.4 Å². The molecule has 2 heterocycles. The van der Waals surface area contributed by atoms with Gasteiger partial charge in [0.2, 0.25) is 0 Å². The van der Waals surface area contributed by atoms with Crippen molar-refractivity contribution in [2.75, 3.05) is 13.7 Å². The van der Waals surface area contributed by atoms with Gasteiger partial charge in [-0.05, 0) is 66.9 Å². The molecule has 2 aromatic carbocycles. The predicted octanol–water partition coefficient (Wildman–Crippen LogP) is 4.42. The zero-order valence-electron chi connectivity index (χ0n) is 19.3. The average Bonchev–Trinajstić information content (AvgIpc) is 3.10. The lowest BCUT2D eigenvalue weighted by Gasteiger charge is -2.25. The Hall–Kier alpha value is -4.13. The number of methoxy groups -OCH3 is 1. The summed E-state index contributed by atoms with van der Waals surface area (Å²) in [6.45, 7) is 4.44. The number of carbonyl (C=O) groups is 2. The summed E-state index contributed by atoms with van der Waals surface area (Å²) in [5.74, 6) is -0.280. The lowest BCUT2D eigenvalue weighted by atomic mass is 9.94. The fourth-order valence-electron chi connectivity index (χ4n) is 4.17. The number of pyridine rings is 1. The number of carbonyl (C=O) groups excluding carboxylic acids is 2. The molecule has 34 heavy (non-hydrogen) atoms. The van der Waals surface area contributed by atoms with Crippen LogP contribution in [0.3, 0.4) is 0 Å². The lowest BCUT2D eigenvalue weighted by Crippen LogP contribution is -2.29. The van der Waals surface area contributed by atoms with Gasteiger partial charge in [0.25, 0.3) is 11.7 Å². The minimum atomic E-state index is -0.765. The maximum atomic E-state index is 13.2. The highest BCUT2D eigenvalue weighted by molar-refractivity contribution is 6.46. The van der Waals surface area contributed by atoms with Crippen molar-refractivity contribution in [3.63, 3.8) is 0 Å². The van der Waals surface area contributed by atoms with Gasteiger partial charge in [0.15, 0.2) is 0 Å². The first-order chi connectivity index (χ1) is 16.4. The number of Topliss-reactive ketones (excluding diaryl/α,β-unsaturated/α-hetero) is 1. The van der Waals surface area contributed by atoms with E-state index in [4.69, 9.17) is 9.47 Å². The molecule has 1 amide bonds. The van der Waals surface area contributed by atoms with E-state index in [2.05, 4.69) is 4.98 Å². The van der Waals surface area contributed by atoms with Crippen LogP contribution in [0.1, 0.15) is 35.2 Å². The van der Waals surface area contributed by atoms with Gasteiger partial charge in [-0.2, -0.15) is 0 Å². The van der Waals surface area contributed by atoms with Crippen LogP contribution in [0, 0.1) is 6.92 Å². The first-order valence-corrected chi connectivity index (χ1v) is 11.0. The molecule has 1 saturated heterocycles. The Morgan fingerprint density at radius 2 is 1.88 bits per heavy atom. The molecule has 1 aromatic heterocycles. The summed E-state index contributed by atoms with van der Waals surface area (Å²) in [6, 6.07) is 15.2. The van der Waals surface area contributed by atoms with Crippen LogP contribution < -0.4 is 9.47 Å². The van der Waals surface area contributed by atoms with Crippen molar-refractivity contribution < 1.29 is 24.2 Å². The molecule has 0 radical (unpaired) electrons. The van der Waals surface area contributed by atoms with E-state index in [1.807, 2.05) is 32.0 Å². The molecule has 0 saturated carbocycles. The number of aliphatic hydroxyl groups excluding tert-OH is 1. The van der Waals surface area contributed by atoms with E-state index < -0.39 is 17.7 Å². The third-order valence-electron chi connectivity index (χ3n) is 5.79. The molecule has 174 valence electrons. The largest absolute Gasteiger partial charge is 0.507 e. The van der Waals surface area contributed by atoms with Gasteiger partial charge in [-0.3, -0.25) is 14.6 Å². The Balaban J connectivity index is 1.84. The number of amides is 1. The summed E-state index contributed by atoms with van der Waals surface area (Å²) < 4.78 is 10.8. The van der Waals surface area contributed by atoms with Gasteiger partial charge in [-0.15, -0.1) is 0 Å². The molecule has 1 aliphatic heterocycles. The fraction of sp³-hybridized carbons (Fsp3) is 0.222. The number of hydrogen-bond acceptors (Lipinski definition) is 6. The Kier molecular flexibility index (Phi) is 6.63. The van der Waals surface area contributed by atoms with Crippen molar-refractivity contribution in [1.82, 2.24) is 9.88 Å². The van der Waals surface area contributed by atoms with E-state index in [-0.39, 0.29) is 17.9 Å². The Bertz CT molecular complexity index is 1240. The summed E-state index contributed by atoms with van der Waals surface area (Å²) >= 11 is 0. The zero-order valence-corrected chi connectivity index (χ0v) is 19.3. The van der Waals surface area contributed by atoms with Crippen LogP contribution in [-0.2, 0) is 16.1 Å². The molecule has 3 aromatic rings. The Morgan fingerprint density at radius 1 is 1.12 bits per heavy atom. The number of rotatable bonds is 7. The number of aryl methyl sites for hydroxylation is 1. The van der Waals surface area contributed by atoms with Gasteiger partial charge in [-0.1, -0.05) is 18.2 Å². The van der Waals surface area contributed by atoms with Crippen molar-refractivity contribution in [2.45, 2.75) is 26.4 Å². The maximum Gasteiger partial charge on any atom is 0.295 e. The Labute approximate surface area is 198 Å². The van der Waals surface area contributed by atoms with E-state index in [9.17, 15) is 14.7 Å². The highest BCUT2D eigenvalue weighted by Gasteiger charge is 2.46. The first kappa shape index (κ1) is 23.0. The number of likely N-dealkylation sites (tertiary alicyclic amines) is 1. The quantitative estimate of drug-likeness (QED) is 0.320. The molecule has 1 atom stereocenters. The molecule has 1 N–H and O–H groups in total. The third kappa shape index (κ3) is 4.37. The van der Waals surface area contributed by atoms with Gasteiger partial charge in [0, 0.05) is 24.5 Å². The smallest absolute Gasteiger partial charge is 0.295 e. The second kappa shape index (κ2) is 9.79. The first-order valence-electron chi connectivity index (χ1n) is 11.0. The van der Waals surface area contributed by atoms with Crippen molar-refractivity contribution in [1.29, 1.82) is 0 Å². The lowest BCUT2D eigenvalue weighted by molar-refractivity contribution is -0.140. The van der Waals surface area contributed by atoms with Gasteiger partial charge in [0.1, 0.15) is 17.3 Å². The van der Waals surface area contributed by atoms with Gasteiger partial charge in [-0.25, -0.2) is 0 Å². The number of nitrogens with zero attached hydrogens (tertiary/aromatic N) is 2. The molecular weight excluding hydrogens is 432 g/mol. The van der Waals surface area contributed by atoms with Crippen LogP contribution in [0.25, 0.3) is 5.76 Å². The number of aliphatic hydroxyl groups is 1. The predicted molar refractivity (Wildman–Crippen MR) is 127 cm³/mol. The van der Waals surface area contributed by atoms with Gasteiger partial charge >= 0.3 is 0 Å². The minimum absolute atomic E-state index is 0.0441.